The van der Waals surface area contributed by atoms with Gasteiger partial charge in [0.25, 0.3) is 0 Å². The number of aryl methyl sites for hydroxylation is 1. The third-order valence-electron chi connectivity index (χ3n) is 4.99. The molecular weight excluding hydrogens is 320 g/mol. The Hall–Kier alpha value is -1.76. The van der Waals surface area contributed by atoms with Crippen LogP contribution in [-0.4, -0.2) is 57.4 Å². The van der Waals surface area contributed by atoms with Crippen molar-refractivity contribution in [1.29, 1.82) is 0 Å². The van der Waals surface area contributed by atoms with Gasteiger partial charge in [-0.15, -0.1) is 0 Å². The van der Waals surface area contributed by atoms with Crippen molar-refractivity contribution in [3.63, 3.8) is 0 Å². The zero-order valence-electron chi connectivity index (χ0n) is 14.1. The molecule has 0 unspecified atom stereocenters. The zero-order chi connectivity index (χ0) is 16.4. The number of thioether (sulfide) groups is 1. The Morgan fingerprint density at radius 1 is 1.00 bits per heavy atom. The molecule has 6 nitrogen and oxygen atoms in total. The highest BCUT2D eigenvalue weighted by Gasteiger charge is 2.23. The average molecular weight is 344 g/mol. The molecule has 2 aromatic rings. The summed E-state index contributed by atoms with van der Waals surface area (Å²) in [5, 5.41) is 4.31. The minimum atomic E-state index is 0.621. The van der Waals surface area contributed by atoms with Crippen LogP contribution < -0.4 is 9.80 Å². The summed E-state index contributed by atoms with van der Waals surface area (Å²) < 4.78 is 1.90. The maximum Gasteiger partial charge on any atom is 0.134 e. The van der Waals surface area contributed by atoms with E-state index in [0.717, 1.165) is 50.7 Å². The van der Waals surface area contributed by atoms with Gasteiger partial charge < -0.3 is 9.80 Å². The lowest BCUT2D eigenvalue weighted by Gasteiger charge is -2.33. The Kier molecular flexibility index (Phi) is 4.60. The fourth-order valence-electron chi connectivity index (χ4n) is 3.57. The van der Waals surface area contributed by atoms with Crippen molar-refractivity contribution in [2.24, 2.45) is 7.05 Å². The molecule has 2 aromatic heterocycles. The molecule has 0 amide bonds. The van der Waals surface area contributed by atoms with E-state index in [0.29, 0.717) is 5.92 Å². The lowest BCUT2D eigenvalue weighted by atomic mass is 9.91. The molecule has 0 radical (unpaired) electrons. The zero-order valence-corrected chi connectivity index (χ0v) is 15.0. The first-order chi connectivity index (χ1) is 11.8. The van der Waals surface area contributed by atoms with E-state index in [1.807, 2.05) is 29.7 Å². The highest BCUT2D eigenvalue weighted by atomic mass is 32.2. The van der Waals surface area contributed by atoms with Gasteiger partial charge in [-0.05, 0) is 24.3 Å². The molecule has 0 aliphatic carbocycles. The summed E-state index contributed by atoms with van der Waals surface area (Å²) >= 11 is 2.02. The van der Waals surface area contributed by atoms with E-state index in [9.17, 15) is 0 Å². The van der Waals surface area contributed by atoms with Crippen LogP contribution in [0.4, 0.5) is 11.6 Å². The summed E-state index contributed by atoms with van der Waals surface area (Å²) in [5.74, 6) is 5.15. The monoisotopic (exact) mass is 344 g/mol. The molecule has 0 aromatic carbocycles. The van der Waals surface area contributed by atoms with Gasteiger partial charge in [0.2, 0.25) is 0 Å². The molecule has 2 saturated heterocycles. The van der Waals surface area contributed by atoms with Gasteiger partial charge in [-0.3, -0.25) is 4.68 Å². The molecule has 0 spiro atoms. The van der Waals surface area contributed by atoms with Crippen molar-refractivity contribution in [1.82, 2.24) is 19.7 Å². The highest BCUT2D eigenvalue weighted by Crippen LogP contribution is 2.30. The molecule has 2 fully saturated rings. The molecule has 24 heavy (non-hydrogen) atoms. The predicted octanol–water partition coefficient (Wildman–Crippen LogP) is 2.15. The summed E-state index contributed by atoms with van der Waals surface area (Å²) in [4.78, 5) is 13.8. The Balaban J connectivity index is 1.42. The Bertz CT molecular complexity index is 673. The summed E-state index contributed by atoms with van der Waals surface area (Å²) in [6, 6.07) is 2.17. The second-order valence-corrected chi connectivity index (χ2v) is 7.77. The number of aromatic nitrogens is 4. The fourth-order valence-corrected chi connectivity index (χ4v) is 4.47. The van der Waals surface area contributed by atoms with Crippen LogP contribution in [-0.2, 0) is 7.05 Å². The number of hydrogen-bond acceptors (Lipinski definition) is 6. The van der Waals surface area contributed by atoms with Crippen molar-refractivity contribution < 1.29 is 0 Å². The van der Waals surface area contributed by atoms with Crippen molar-refractivity contribution in [3.05, 3.63) is 30.4 Å². The third-order valence-corrected chi connectivity index (χ3v) is 5.93. The van der Waals surface area contributed by atoms with E-state index in [2.05, 4.69) is 37.1 Å². The van der Waals surface area contributed by atoms with E-state index in [1.54, 1.807) is 6.33 Å². The fraction of sp³-hybridized carbons (Fsp3) is 0.588. The normalized spacial score (nSPS) is 19.7. The summed E-state index contributed by atoms with van der Waals surface area (Å²) in [7, 11) is 1.99. The number of anilines is 2. The first-order valence-corrected chi connectivity index (χ1v) is 9.83. The summed E-state index contributed by atoms with van der Waals surface area (Å²) in [6.07, 6.45) is 8.20. The molecule has 4 heterocycles. The highest BCUT2D eigenvalue weighted by molar-refractivity contribution is 7.99. The molecule has 2 aliphatic rings. The van der Waals surface area contributed by atoms with Crippen LogP contribution in [0.3, 0.4) is 0 Å². The topological polar surface area (TPSA) is 50.1 Å². The number of hydrogen-bond donors (Lipinski definition) is 0. The van der Waals surface area contributed by atoms with Gasteiger partial charge in [0.05, 0.1) is 6.20 Å². The van der Waals surface area contributed by atoms with Gasteiger partial charge in [0.1, 0.15) is 18.0 Å². The van der Waals surface area contributed by atoms with Crippen LogP contribution in [0.25, 0.3) is 0 Å². The molecule has 4 rings (SSSR count). The largest absolute Gasteiger partial charge is 0.356 e. The summed E-state index contributed by atoms with van der Waals surface area (Å²) in [5.41, 5.74) is 1.37. The molecule has 128 valence electrons. The van der Waals surface area contributed by atoms with Crippen molar-refractivity contribution in [2.75, 3.05) is 47.5 Å². The first-order valence-electron chi connectivity index (χ1n) is 8.68. The Labute approximate surface area is 147 Å². The van der Waals surface area contributed by atoms with Gasteiger partial charge in [-0.25, -0.2) is 9.97 Å². The first kappa shape index (κ1) is 15.7. The predicted molar refractivity (Wildman–Crippen MR) is 99.0 cm³/mol. The lowest BCUT2D eigenvalue weighted by Crippen LogP contribution is -2.35. The minimum absolute atomic E-state index is 0.621. The second kappa shape index (κ2) is 7.01. The number of piperidine rings is 1. The SMILES string of the molecule is Cn1cc(C2CCN(c3cc(N4CCSCC4)ncn3)CC2)cn1. The Morgan fingerprint density at radius 3 is 2.29 bits per heavy atom. The van der Waals surface area contributed by atoms with Gasteiger partial charge >= 0.3 is 0 Å². The average Bonchev–Trinajstić information content (AvgIpc) is 3.09. The van der Waals surface area contributed by atoms with E-state index < -0.39 is 0 Å². The van der Waals surface area contributed by atoms with Gasteiger partial charge in [0, 0.05) is 57.0 Å². The van der Waals surface area contributed by atoms with Crippen LogP contribution in [0, 0.1) is 0 Å². The molecule has 0 bridgehead atoms. The van der Waals surface area contributed by atoms with E-state index in [-0.39, 0.29) is 0 Å². The second-order valence-electron chi connectivity index (χ2n) is 6.54. The number of rotatable bonds is 3. The van der Waals surface area contributed by atoms with Gasteiger partial charge in [0.15, 0.2) is 0 Å². The van der Waals surface area contributed by atoms with Crippen molar-refractivity contribution in [3.8, 4) is 0 Å². The smallest absolute Gasteiger partial charge is 0.134 e. The summed E-state index contributed by atoms with van der Waals surface area (Å²) in [6.45, 7) is 4.27. The van der Waals surface area contributed by atoms with E-state index in [4.69, 9.17) is 0 Å². The molecule has 2 aliphatic heterocycles. The molecule has 0 atom stereocenters. The third kappa shape index (κ3) is 3.36. The van der Waals surface area contributed by atoms with Gasteiger partial charge in [-0.2, -0.15) is 16.9 Å². The minimum Gasteiger partial charge on any atom is -0.356 e. The molecular formula is C17H24N6S. The van der Waals surface area contributed by atoms with Crippen LogP contribution in [0.1, 0.15) is 24.3 Å². The quantitative estimate of drug-likeness (QED) is 0.850. The maximum atomic E-state index is 4.53. The standard InChI is InChI=1S/C17H24N6S/c1-21-12-15(11-20-21)14-2-4-22(5-3-14)16-10-17(19-13-18-16)23-6-8-24-9-7-23/h10-14H,2-9H2,1H3. The molecule has 0 N–H and O–H groups in total. The van der Waals surface area contributed by atoms with E-state index >= 15 is 0 Å². The van der Waals surface area contributed by atoms with Crippen LogP contribution in [0.2, 0.25) is 0 Å². The molecule has 0 saturated carbocycles. The Morgan fingerprint density at radius 2 is 1.67 bits per heavy atom. The van der Waals surface area contributed by atoms with Crippen LogP contribution in [0.5, 0.6) is 0 Å². The lowest BCUT2D eigenvalue weighted by molar-refractivity contribution is 0.502. The van der Waals surface area contributed by atoms with Crippen LogP contribution >= 0.6 is 11.8 Å². The van der Waals surface area contributed by atoms with Crippen molar-refractivity contribution >= 4 is 23.4 Å². The molecule has 7 heteroatoms. The maximum absolute atomic E-state index is 4.53. The van der Waals surface area contributed by atoms with Crippen molar-refractivity contribution in [2.45, 2.75) is 18.8 Å². The van der Waals surface area contributed by atoms with E-state index in [1.165, 1.54) is 17.1 Å². The van der Waals surface area contributed by atoms with Crippen LogP contribution in [0.15, 0.2) is 24.8 Å². The van der Waals surface area contributed by atoms with Gasteiger partial charge in [-0.1, -0.05) is 0 Å². The number of nitrogens with zero attached hydrogens (tertiary/aromatic N) is 6.